The van der Waals surface area contributed by atoms with E-state index in [-0.39, 0.29) is 0 Å². The van der Waals surface area contributed by atoms with Crippen LogP contribution in [0.3, 0.4) is 0 Å². The summed E-state index contributed by atoms with van der Waals surface area (Å²) < 4.78 is 5.49. The van der Waals surface area contributed by atoms with Gasteiger partial charge >= 0.3 is 0 Å². The topological polar surface area (TPSA) is 24.5 Å². The molecule has 3 heteroatoms. The Morgan fingerprint density at radius 3 is 2.89 bits per heavy atom. The van der Waals surface area contributed by atoms with Gasteiger partial charge in [0.2, 0.25) is 0 Å². The third kappa shape index (κ3) is 3.78. The van der Waals surface area contributed by atoms with Gasteiger partial charge in [0, 0.05) is 25.2 Å². The maximum Gasteiger partial charge on any atom is 0.0619 e. The fraction of sp³-hybridized carbons (Fsp3) is 0.625. The number of morpholine rings is 1. The first-order valence-electron chi connectivity index (χ1n) is 7.27. The normalized spacial score (nSPS) is 22.4. The Morgan fingerprint density at radius 2 is 2.21 bits per heavy atom. The van der Waals surface area contributed by atoms with Gasteiger partial charge in [-0.25, -0.2) is 0 Å². The second-order valence-electron chi connectivity index (χ2n) is 5.45. The molecule has 1 heterocycles. The lowest BCUT2D eigenvalue weighted by molar-refractivity contribution is -0.00174. The van der Waals surface area contributed by atoms with E-state index in [1.54, 1.807) is 0 Å². The van der Waals surface area contributed by atoms with E-state index >= 15 is 0 Å². The molecule has 2 unspecified atom stereocenters. The molecule has 1 N–H and O–H groups in total. The van der Waals surface area contributed by atoms with E-state index in [2.05, 4.69) is 55.4 Å². The molecule has 1 aromatic rings. The summed E-state index contributed by atoms with van der Waals surface area (Å²) in [7, 11) is 2.06. The van der Waals surface area contributed by atoms with Crippen molar-refractivity contribution in [3.63, 3.8) is 0 Å². The lowest BCUT2D eigenvalue weighted by atomic mass is 9.98. The van der Waals surface area contributed by atoms with Gasteiger partial charge < -0.3 is 10.1 Å². The first-order chi connectivity index (χ1) is 9.22. The number of rotatable bonds is 5. The summed E-state index contributed by atoms with van der Waals surface area (Å²) in [5.74, 6) is 0. The van der Waals surface area contributed by atoms with E-state index in [0.29, 0.717) is 12.1 Å². The van der Waals surface area contributed by atoms with Gasteiger partial charge in [0.1, 0.15) is 0 Å². The number of aryl methyl sites for hydroxylation is 1. The van der Waals surface area contributed by atoms with Crippen molar-refractivity contribution < 1.29 is 4.74 Å². The highest BCUT2D eigenvalue weighted by Crippen LogP contribution is 2.21. The van der Waals surface area contributed by atoms with Crippen LogP contribution in [0.25, 0.3) is 0 Å². The van der Waals surface area contributed by atoms with Crippen LogP contribution in [0, 0.1) is 6.92 Å². The van der Waals surface area contributed by atoms with Gasteiger partial charge in [-0.15, -0.1) is 0 Å². The molecule has 19 heavy (non-hydrogen) atoms. The Hall–Kier alpha value is -0.900. The molecule has 2 rings (SSSR count). The zero-order valence-corrected chi connectivity index (χ0v) is 12.4. The first-order valence-corrected chi connectivity index (χ1v) is 7.27. The summed E-state index contributed by atoms with van der Waals surface area (Å²) in [6, 6.07) is 9.65. The average molecular weight is 262 g/mol. The van der Waals surface area contributed by atoms with Crippen molar-refractivity contribution in [1.29, 1.82) is 0 Å². The molecular formula is C16H26N2O. The highest BCUT2D eigenvalue weighted by molar-refractivity contribution is 5.28. The molecule has 106 valence electrons. The molecule has 0 bridgehead atoms. The van der Waals surface area contributed by atoms with Crippen LogP contribution in [-0.4, -0.2) is 44.3 Å². The van der Waals surface area contributed by atoms with Crippen molar-refractivity contribution in [2.75, 3.05) is 33.4 Å². The summed E-state index contributed by atoms with van der Waals surface area (Å²) in [5.41, 5.74) is 2.79. The van der Waals surface area contributed by atoms with Crippen molar-refractivity contribution in [2.45, 2.75) is 32.4 Å². The Bertz CT molecular complexity index is 394. The summed E-state index contributed by atoms with van der Waals surface area (Å²) in [6.07, 6.45) is 1.14. The second-order valence-corrected chi connectivity index (χ2v) is 5.45. The van der Waals surface area contributed by atoms with E-state index < -0.39 is 0 Å². The van der Waals surface area contributed by atoms with E-state index in [0.717, 1.165) is 32.7 Å². The summed E-state index contributed by atoms with van der Waals surface area (Å²) >= 11 is 0. The monoisotopic (exact) mass is 262 g/mol. The van der Waals surface area contributed by atoms with Gasteiger partial charge in [0.05, 0.1) is 13.2 Å². The van der Waals surface area contributed by atoms with Crippen LogP contribution >= 0.6 is 0 Å². The minimum absolute atomic E-state index is 0.441. The smallest absolute Gasteiger partial charge is 0.0619 e. The van der Waals surface area contributed by atoms with E-state index in [1.807, 2.05) is 0 Å². The van der Waals surface area contributed by atoms with Gasteiger partial charge in [-0.2, -0.15) is 0 Å². The number of hydrogen-bond acceptors (Lipinski definition) is 3. The maximum atomic E-state index is 5.49. The molecule has 1 fully saturated rings. The minimum Gasteiger partial charge on any atom is -0.379 e. The molecule has 2 atom stereocenters. The van der Waals surface area contributed by atoms with E-state index in [1.165, 1.54) is 11.1 Å². The van der Waals surface area contributed by atoms with Crippen molar-refractivity contribution in [1.82, 2.24) is 10.2 Å². The summed E-state index contributed by atoms with van der Waals surface area (Å²) in [6.45, 7) is 8.38. The molecule has 0 amide bonds. The number of benzene rings is 1. The fourth-order valence-corrected chi connectivity index (χ4v) is 2.82. The number of nitrogens with one attached hydrogen (secondary N) is 1. The van der Waals surface area contributed by atoms with Crippen molar-refractivity contribution >= 4 is 0 Å². The molecule has 1 aromatic carbocycles. The molecule has 0 spiro atoms. The Kier molecular flexibility index (Phi) is 5.37. The number of ether oxygens (including phenoxy) is 1. The lowest BCUT2D eigenvalue weighted by Crippen LogP contribution is -2.44. The summed E-state index contributed by atoms with van der Waals surface area (Å²) in [5, 5.41) is 3.46. The molecule has 1 aliphatic heterocycles. The van der Waals surface area contributed by atoms with E-state index in [4.69, 9.17) is 4.74 Å². The van der Waals surface area contributed by atoms with Gasteiger partial charge in [-0.3, -0.25) is 4.90 Å². The van der Waals surface area contributed by atoms with Gasteiger partial charge in [-0.1, -0.05) is 24.3 Å². The Labute approximate surface area is 116 Å². The molecule has 0 aliphatic carbocycles. The van der Waals surface area contributed by atoms with Crippen LogP contribution < -0.4 is 5.32 Å². The zero-order chi connectivity index (χ0) is 13.7. The Morgan fingerprint density at radius 1 is 1.42 bits per heavy atom. The quantitative estimate of drug-likeness (QED) is 0.881. The first kappa shape index (κ1) is 14.5. The minimum atomic E-state index is 0.441. The van der Waals surface area contributed by atoms with Gasteiger partial charge in [0.15, 0.2) is 0 Å². The molecule has 3 nitrogen and oxygen atoms in total. The summed E-state index contributed by atoms with van der Waals surface area (Å²) in [4.78, 5) is 2.53. The van der Waals surface area contributed by atoms with Gasteiger partial charge in [-0.05, 0) is 38.4 Å². The average Bonchev–Trinajstić information content (AvgIpc) is 2.43. The molecular weight excluding hydrogens is 236 g/mol. The van der Waals surface area contributed by atoms with Crippen LogP contribution in [0.2, 0.25) is 0 Å². The largest absolute Gasteiger partial charge is 0.379 e. The predicted molar refractivity (Wildman–Crippen MR) is 79.5 cm³/mol. The lowest BCUT2D eigenvalue weighted by Gasteiger charge is -2.34. The van der Waals surface area contributed by atoms with Crippen LogP contribution in [0.1, 0.15) is 30.5 Å². The fourth-order valence-electron chi connectivity index (χ4n) is 2.82. The maximum absolute atomic E-state index is 5.49. The van der Waals surface area contributed by atoms with E-state index in [9.17, 15) is 0 Å². The molecule has 0 saturated carbocycles. The standard InChI is InChI=1S/C16H26N2O/c1-13-6-4-5-7-15(13)16(17-3)8-9-18-10-11-19-12-14(18)2/h4-7,14,16-17H,8-12H2,1-3H3. The zero-order valence-electron chi connectivity index (χ0n) is 12.4. The molecule has 1 saturated heterocycles. The SMILES string of the molecule is CNC(CCN1CCOCC1C)c1ccccc1C. The third-order valence-corrected chi connectivity index (χ3v) is 4.12. The second kappa shape index (κ2) is 7.04. The molecule has 1 aliphatic rings. The Balaban J connectivity index is 1.94. The number of hydrogen-bond donors (Lipinski definition) is 1. The van der Waals surface area contributed by atoms with Crippen molar-refractivity contribution in [3.05, 3.63) is 35.4 Å². The third-order valence-electron chi connectivity index (χ3n) is 4.12. The number of nitrogens with zero attached hydrogens (tertiary/aromatic N) is 1. The molecule has 0 aromatic heterocycles. The molecule has 0 radical (unpaired) electrons. The van der Waals surface area contributed by atoms with Crippen LogP contribution in [0.4, 0.5) is 0 Å². The highest BCUT2D eigenvalue weighted by atomic mass is 16.5. The highest BCUT2D eigenvalue weighted by Gasteiger charge is 2.20. The van der Waals surface area contributed by atoms with Gasteiger partial charge in [0.25, 0.3) is 0 Å². The predicted octanol–water partition coefficient (Wildman–Crippen LogP) is 2.37. The van der Waals surface area contributed by atoms with Crippen LogP contribution in [0.15, 0.2) is 24.3 Å². The van der Waals surface area contributed by atoms with Crippen molar-refractivity contribution in [2.24, 2.45) is 0 Å². The van der Waals surface area contributed by atoms with Crippen LogP contribution in [0.5, 0.6) is 0 Å². The van der Waals surface area contributed by atoms with Crippen molar-refractivity contribution in [3.8, 4) is 0 Å². The van der Waals surface area contributed by atoms with Crippen LogP contribution in [-0.2, 0) is 4.74 Å².